The van der Waals surface area contributed by atoms with Crippen LogP contribution in [0.1, 0.15) is 48.4 Å². The van der Waals surface area contributed by atoms with Gasteiger partial charge in [-0.15, -0.1) is 0 Å². The topological polar surface area (TPSA) is 52.6 Å². The highest BCUT2D eigenvalue weighted by molar-refractivity contribution is 5.93. The van der Waals surface area contributed by atoms with Gasteiger partial charge in [0.1, 0.15) is 0 Å². The van der Waals surface area contributed by atoms with E-state index in [4.69, 9.17) is 9.47 Å². The molecule has 2 rings (SSSR count). The van der Waals surface area contributed by atoms with Crippen LogP contribution in [0.25, 0.3) is 0 Å². The predicted octanol–water partition coefficient (Wildman–Crippen LogP) is 4.35. The second-order valence-electron chi connectivity index (χ2n) is 6.20. The van der Waals surface area contributed by atoms with E-state index in [0.717, 1.165) is 12.0 Å². The Morgan fingerprint density at radius 3 is 2.24 bits per heavy atom. The van der Waals surface area contributed by atoms with E-state index in [1.54, 1.807) is 43.3 Å². The van der Waals surface area contributed by atoms with E-state index in [-0.39, 0.29) is 6.61 Å². The Bertz CT molecular complexity index is 707. The summed E-state index contributed by atoms with van der Waals surface area (Å²) in [6.45, 7) is 6.13. The summed E-state index contributed by atoms with van der Waals surface area (Å²) in [4.78, 5) is 25.0. The standard InChI is InChI=1S/C21H24O4/c1-4-24-21(23)19(16-10-6-5-7-11-16)25-20(22)18-13-9-8-12-17(18)14-15(2)3/h5-13,15,19H,4,14H2,1-3H3. The first-order valence-corrected chi connectivity index (χ1v) is 8.53. The smallest absolute Gasteiger partial charge is 0.352 e. The van der Waals surface area contributed by atoms with E-state index in [0.29, 0.717) is 17.0 Å². The summed E-state index contributed by atoms with van der Waals surface area (Å²) in [5.74, 6) is -0.675. The zero-order chi connectivity index (χ0) is 18.2. The van der Waals surface area contributed by atoms with Gasteiger partial charge in [0.15, 0.2) is 0 Å². The second kappa shape index (κ2) is 9.02. The Hall–Kier alpha value is -2.62. The van der Waals surface area contributed by atoms with Crippen molar-refractivity contribution in [3.8, 4) is 0 Å². The molecule has 0 spiro atoms. The monoisotopic (exact) mass is 340 g/mol. The largest absolute Gasteiger partial charge is 0.463 e. The maximum Gasteiger partial charge on any atom is 0.352 e. The van der Waals surface area contributed by atoms with Crippen molar-refractivity contribution in [1.82, 2.24) is 0 Å². The van der Waals surface area contributed by atoms with Crippen molar-refractivity contribution in [2.45, 2.75) is 33.3 Å². The molecule has 2 aromatic carbocycles. The highest BCUT2D eigenvalue weighted by atomic mass is 16.6. The molecule has 0 bridgehead atoms. The van der Waals surface area contributed by atoms with Crippen LogP contribution in [0.2, 0.25) is 0 Å². The molecule has 4 nitrogen and oxygen atoms in total. The number of carbonyl (C=O) groups excluding carboxylic acids is 2. The third-order valence-corrected chi connectivity index (χ3v) is 3.69. The van der Waals surface area contributed by atoms with Gasteiger partial charge in [-0.05, 0) is 30.9 Å². The van der Waals surface area contributed by atoms with Gasteiger partial charge in [-0.1, -0.05) is 62.4 Å². The molecule has 0 aliphatic rings. The van der Waals surface area contributed by atoms with Gasteiger partial charge in [-0.2, -0.15) is 0 Å². The maximum absolute atomic E-state index is 12.7. The summed E-state index contributed by atoms with van der Waals surface area (Å²) in [6, 6.07) is 16.3. The number of esters is 2. The Kier molecular flexibility index (Phi) is 6.75. The average Bonchev–Trinajstić information content (AvgIpc) is 2.60. The summed E-state index contributed by atoms with van der Waals surface area (Å²) in [5.41, 5.74) is 2.00. The summed E-state index contributed by atoms with van der Waals surface area (Å²) < 4.78 is 10.6. The van der Waals surface area contributed by atoms with Crippen molar-refractivity contribution in [1.29, 1.82) is 0 Å². The van der Waals surface area contributed by atoms with Crippen molar-refractivity contribution >= 4 is 11.9 Å². The summed E-state index contributed by atoms with van der Waals surface area (Å²) in [7, 11) is 0. The van der Waals surface area contributed by atoms with E-state index >= 15 is 0 Å². The number of ether oxygens (including phenoxy) is 2. The van der Waals surface area contributed by atoms with E-state index < -0.39 is 18.0 Å². The fraction of sp³-hybridized carbons (Fsp3) is 0.333. The number of hydrogen-bond acceptors (Lipinski definition) is 4. The number of carbonyl (C=O) groups is 2. The summed E-state index contributed by atoms with van der Waals surface area (Å²) >= 11 is 0. The quantitative estimate of drug-likeness (QED) is 0.703. The minimum absolute atomic E-state index is 0.226. The van der Waals surface area contributed by atoms with E-state index in [1.165, 1.54) is 0 Å². The summed E-state index contributed by atoms with van der Waals surface area (Å²) in [5, 5.41) is 0. The molecule has 0 radical (unpaired) electrons. The van der Waals surface area contributed by atoms with Gasteiger partial charge in [-0.3, -0.25) is 0 Å². The Balaban J connectivity index is 2.27. The van der Waals surface area contributed by atoms with Crippen LogP contribution in [0.4, 0.5) is 0 Å². The number of rotatable bonds is 7. The van der Waals surface area contributed by atoms with Crippen molar-refractivity contribution in [2.24, 2.45) is 5.92 Å². The fourth-order valence-corrected chi connectivity index (χ4v) is 2.61. The van der Waals surface area contributed by atoms with Crippen LogP contribution < -0.4 is 0 Å². The van der Waals surface area contributed by atoms with Gasteiger partial charge in [-0.25, -0.2) is 9.59 Å². The average molecular weight is 340 g/mol. The first kappa shape index (κ1) is 18.7. The molecule has 2 aromatic rings. The predicted molar refractivity (Wildman–Crippen MR) is 96.2 cm³/mol. The Morgan fingerprint density at radius 2 is 1.60 bits per heavy atom. The van der Waals surface area contributed by atoms with E-state index in [9.17, 15) is 9.59 Å². The molecule has 1 atom stereocenters. The highest BCUT2D eigenvalue weighted by Gasteiger charge is 2.27. The molecule has 132 valence electrons. The molecule has 0 N–H and O–H groups in total. The molecule has 0 heterocycles. The van der Waals surface area contributed by atoms with Gasteiger partial charge in [0.25, 0.3) is 0 Å². The van der Waals surface area contributed by atoms with Crippen LogP contribution in [0.15, 0.2) is 54.6 Å². The molecule has 25 heavy (non-hydrogen) atoms. The SMILES string of the molecule is CCOC(=O)C(OC(=O)c1ccccc1CC(C)C)c1ccccc1. The van der Waals surface area contributed by atoms with Gasteiger partial charge in [0.05, 0.1) is 12.2 Å². The van der Waals surface area contributed by atoms with Crippen LogP contribution in [0.3, 0.4) is 0 Å². The lowest BCUT2D eigenvalue weighted by molar-refractivity contribution is -0.153. The first-order chi connectivity index (χ1) is 12.0. The van der Waals surface area contributed by atoms with Gasteiger partial charge in [0.2, 0.25) is 6.10 Å². The first-order valence-electron chi connectivity index (χ1n) is 8.53. The van der Waals surface area contributed by atoms with Crippen molar-refractivity contribution in [3.05, 3.63) is 71.3 Å². The van der Waals surface area contributed by atoms with Crippen molar-refractivity contribution in [3.63, 3.8) is 0 Å². The zero-order valence-corrected chi connectivity index (χ0v) is 14.9. The van der Waals surface area contributed by atoms with Crippen molar-refractivity contribution in [2.75, 3.05) is 6.61 Å². The van der Waals surface area contributed by atoms with Crippen LogP contribution in [0, 0.1) is 5.92 Å². The summed E-state index contributed by atoms with van der Waals surface area (Å²) in [6.07, 6.45) is -0.304. The van der Waals surface area contributed by atoms with Gasteiger partial charge < -0.3 is 9.47 Å². The molecule has 0 aliphatic carbocycles. The molecular formula is C21H24O4. The third kappa shape index (κ3) is 5.18. The Morgan fingerprint density at radius 1 is 0.960 bits per heavy atom. The van der Waals surface area contributed by atoms with Crippen LogP contribution in [-0.4, -0.2) is 18.5 Å². The molecule has 0 saturated heterocycles. The molecular weight excluding hydrogens is 316 g/mol. The van der Waals surface area contributed by atoms with Crippen LogP contribution >= 0.6 is 0 Å². The number of hydrogen-bond donors (Lipinski definition) is 0. The Labute approximate surface area is 148 Å². The normalized spacial score (nSPS) is 11.8. The molecule has 0 aromatic heterocycles. The van der Waals surface area contributed by atoms with Gasteiger partial charge in [0, 0.05) is 5.56 Å². The zero-order valence-electron chi connectivity index (χ0n) is 14.9. The lowest BCUT2D eigenvalue weighted by Gasteiger charge is -2.18. The molecule has 0 amide bonds. The van der Waals surface area contributed by atoms with Crippen molar-refractivity contribution < 1.29 is 19.1 Å². The molecule has 0 aliphatic heterocycles. The minimum atomic E-state index is -1.07. The second-order valence-corrected chi connectivity index (χ2v) is 6.20. The lowest BCUT2D eigenvalue weighted by atomic mass is 9.98. The van der Waals surface area contributed by atoms with Crippen LogP contribution in [-0.2, 0) is 20.7 Å². The maximum atomic E-state index is 12.7. The molecule has 1 unspecified atom stereocenters. The number of benzene rings is 2. The fourth-order valence-electron chi connectivity index (χ4n) is 2.61. The van der Waals surface area contributed by atoms with Gasteiger partial charge >= 0.3 is 11.9 Å². The molecule has 4 heteroatoms. The third-order valence-electron chi connectivity index (χ3n) is 3.69. The molecule has 0 fully saturated rings. The van der Waals surface area contributed by atoms with Crippen LogP contribution in [0.5, 0.6) is 0 Å². The van der Waals surface area contributed by atoms with E-state index in [1.807, 2.05) is 18.2 Å². The highest BCUT2D eigenvalue weighted by Crippen LogP contribution is 2.23. The lowest BCUT2D eigenvalue weighted by Crippen LogP contribution is -2.23. The van der Waals surface area contributed by atoms with E-state index in [2.05, 4.69) is 13.8 Å². The minimum Gasteiger partial charge on any atom is -0.463 e. The molecule has 0 saturated carbocycles.